The first-order valence-electron chi connectivity index (χ1n) is 14.9. The van der Waals surface area contributed by atoms with Gasteiger partial charge in [0.1, 0.15) is 0 Å². The number of hydrogen-bond acceptors (Lipinski definition) is 6. The summed E-state index contributed by atoms with van der Waals surface area (Å²) in [5, 5.41) is 13.2. The van der Waals surface area contributed by atoms with E-state index < -0.39 is 5.97 Å². The van der Waals surface area contributed by atoms with Crippen LogP contribution in [-0.4, -0.2) is 55.6 Å². The summed E-state index contributed by atoms with van der Waals surface area (Å²) in [6.07, 6.45) is 7.61. The number of thiol groups is 1. The van der Waals surface area contributed by atoms with Gasteiger partial charge in [-0.3, -0.25) is 9.59 Å². The van der Waals surface area contributed by atoms with Gasteiger partial charge in [-0.25, -0.2) is 0 Å². The molecule has 11 heteroatoms. The number of rotatable bonds is 6. The van der Waals surface area contributed by atoms with E-state index in [2.05, 4.69) is 55.5 Å². The Morgan fingerprint density at radius 1 is 0.625 bits per heavy atom. The number of fused-ring (bicyclic) bond motifs is 4. The molecule has 0 amide bonds. The number of thioether (sulfide) groups is 2. The number of nitrogens with one attached hydrogen (secondary N) is 4. The Kier molecular flexibility index (Phi) is 12.4. The van der Waals surface area contributed by atoms with Crippen LogP contribution in [0.1, 0.15) is 0 Å². The lowest BCUT2D eigenvalue weighted by atomic mass is 10.2. The van der Waals surface area contributed by atoms with Crippen LogP contribution in [0.15, 0.2) is 143 Å². The SMILES string of the molecule is COC(=O)CSc1c[nH]c2ccccc12.O=C(O)CSc1c[nH]c2ccccc12.Sc1c[nH]c2ccccc12.c1ccc2[nH]ccc2c1. The lowest BCUT2D eigenvalue weighted by Gasteiger charge is -1.98. The lowest BCUT2D eigenvalue weighted by molar-refractivity contribution is -0.137. The van der Waals surface area contributed by atoms with Crippen molar-refractivity contribution >= 4 is 91.7 Å². The maximum atomic E-state index is 11.0. The lowest BCUT2D eigenvalue weighted by Crippen LogP contribution is -2.02. The molecule has 48 heavy (non-hydrogen) atoms. The second-order valence-electron chi connectivity index (χ2n) is 10.2. The average molecular weight is 695 g/mol. The summed E-state index contributed by atoms with van der Waals surface area (Å²) in [6, 6.07) is 34.2. The Morgan fingerprint density at radius 3 is 1.65 bits per heavy atom. The van der Waals surface area contributed by atoms with Crippen molar-refractivity contribution in [3.63, 3.8) is 0 Å². The second kappa shape index (κ2) is 17.3. The zero-order valence-electron chi connectivity index (χ0n) is 26.0. The third-order valence-corrected chi connectivity index (χ3v) is 9.50. The number of ether oxygens (including phenoxy) is 1. The number of aromatic nitrogens is 4. The number of para-hydroxylation sites is 4. The minimum atomic E-state index is -0.791. The average Bonchev–Trinajstić information content (AvgIpc) is 3.93. The minimum Gasteiger partial charge on any atom is -0.481 e. The molecule has 8 aromatic rings. The van der Waals surface area contributed by atoms with Crippen molar-refractivity contribution in [3.05, 3.63) is 128 Å². The number of aliphatic carboxylic acids is 1. The van der Waals surface area contributed by atoms with E-state index in [1.807, 2.05) is 110 Å². The minimum absolute atomic E-state index is 0.0991. The van der Waals surface area contributed by atoms with Gasteiger partial charge in [-0.2, -0.15) is 0 Å². The molecular formula is C37H34N4O4S3. The van der Waals surface area contributed by atoms with E-state index in [4.69, 9.17) is 5.11 Å². The van der Waals surface area contributed by atoms with Crippen LogP contribution in [0, 0.1) is 0 Å². The van der Waals surface area contributed by atoms with Crippen LogP contribution in [0.2, 0.25) is 0 Å². The maximum absolute atomic E-state index is 11.0. The van der Waals surface area contributed by atoms with Crippen molar-refractivity contribution in [2.75, 3.05) is 18.6 Å². The zero-order valence-corrected chi connectivity index (χ0v) is 28.5. The first-order valence-corrected chi connectivity index (χ1v) is 17.3. The summed E-state index contributed by atoms with van der Waals surface area (Å²) in [4.78, 5) is 37.0. The fourth-order valence-corrected chi connectivity index (χ4v) is 6.60. The third kappa shape index (κ3) is 9.31. The molecule has 0 radical (unpaired) electrons. The fraction of sp³-hybridized carbons (Fsp3) is 0.0811. The van der Waals surface area contributed by atoms with E-state index in [1.165, 1.54) is 46.9 Å². The molecule has 8 nitrogen and oxygen atoms in total. The highest BCUT2D eigenvalue weighted by molar-refractivity contribution is 8.00. The molecule has 0 atom stereocenters. The smallest absolute Gasteiger partial charge is 0.315 e. The number of H-pyrrole nitrogens is 4. The molecule has 0 saturated carbocycles. The fourth-order valence-electron chi connectivity index (χ4n) is 4.71. The molecule has 5 N–H and O–H groups in total. The molecule has 0 spiro atoms. The molecule has 0 aliphatic heterocycles. The molecule has 0 unspecified atom stereocenters. The number of carboxylic acid groups (broad SMARTS) is 1. The summed E-state index contributed by atoms with van der Waals surface area (Å²) in [5.41, 5.74) is 4.48. The molecular weight excluding hydrogens is 661 g/mol. The highest BCUT2D eigenvalue weighted by Gasteiger charge is 2.07. The van der Waals surface area contributed by atoms with Gasteiger partial charge >= 0.3 is 11.9 Å². The van der Waals surface area contributed by atoms with Gasteiger partial charge in [-0.15, -0.1) is 36.2 Å². The van der Waals surface area contributed by atoms with Gasteiger partial charge in [0.05, 0.1) is 18.6 Å². The number of aromatic amines is 4. The predicted octanol–water partition coefficient (Wildman–Crippen LogP) is 9.40. The van der Waals surface area contributed by atoms with E-state index in [0.717, 1.165) is 42.0 Å². The van der Waals surface area contributed by atoms with Crippen molar-refractivity contribution in [2.24, 2.45) is 0 Å². The number of hydrogen-bond donors (Lipinski definition) is 6. The Morgan fingerprint density at radius 2 is 1.10 bits per heavy atom. The van der Waals surface area contributed by atoms with Crippen LogP contribution in [0.3, 0.4) is 0 Å². The molecule has 244 valence electrons. The molecule has 4 heterocycles. The van der Waals surface area contributed by atoms with E-state index in [-0.39, 0.29) is 11.7 Å². The van der Waals surface area contributed by atoms with E-state index >= 15 is 0 Å². The van der Waals surface area contributed by atoms with Crippen LogP contribution in [0.5, 0.6) is 0 Å². The number of carbonyl (C=O) groups excluding carboxylic acids is 1. The Balaban J connectivity index is 0.000000128. The first-order chi connectivity index (χ1) is 23.4. The van der Waals surface area contributed by atoms with Gasteiger partial charge in [0.15, 0.2) is 0 Å². The summed E-state index contributed by atoms with van der Waals surface area (Å²) < 4.78 is 4.59. The number of methoxy groups -OCH3 is 1. The van der Waals surface area contributed by atoms with Crippen molar-refractivity contribution in [2.45, 2.75) is 14.7 Å². The van der Waals surface area contributed by atoms with Gasteiger partial charge in [0.25, 0.3) is 0 Å². The van der Waals surface area contributed by atoms with Gasteiger partial charge in [-0.1, -0.05) is 72.8 Å². The van der Waals surface area contributed by atoms with Crippen molar-refractivity contribution in [3.8, 4) is 0 Å². The summed E-state index contributed by atoms with van der Waals surface area (Å²) in [5.74, 6) is -0.550. The monoisotopic (exact) mass is 694 g/mol. The molecule has 0 aliphatic rings. The Labute approximate surface area is 291 Å². The molecule has 4 aromatic carbocycles. The largest absolute Gasteiger partial charge is 0.481 e. The van der Waals surface area contributed by atoms with Crippen LogP contribution >= 0.6 is 36.2 Å². The number of carboxylic acids is 1. The third-order valence-electron chi connectivity index (χ3n) is 7.06. The first kappa shape index (κ1) is 34.4. The topological polar surface area (TPSA) is 127 Å². The van der Waals surface area contributed by atoms with Gasteiger partial charge < -0.3 is 29.8 Å². The van der Waals surface area contributed by atoms with E-state index in [9.17, 15) is 9.59 Å². The number of esters is 1. The van der Waals surface area contributed by atoms with Gasteiger partial charge in [0, 0.05) is 77.7 Å². The normalized spacial score (nSPS) is 10.5. The summed E-state index contributed by atoms with van der Waals surface area (Å²) in [7, 11) is 1.40. The molecule has 4 aromatic heterocycles. The highest BCUT2D eigenvalue weighted by atomic mass is 32.2. The van der Waals surface area contributed by atoms with Crippen LogP contribution < -0.4 is 0 Å². The standard InChI is InChI=1S/C11H11NO2S.C10H9NO2S.C8H7NS.C8H7N/c1-14-11(13)7-15-10-6-12-9-5-3-2-4-8(9)10;12-10(13)6-14-9-5-11-8-4-2-1-3-7(8)9;10-8-5-9-7-4-2-1-3-6(7)8;1-2-4-8-7(3-1)5-6-9-8/h2-6,12H,7H2,1H3;1-5,11H,6H2,(H,12,13);1-5,9-10H;1-6,9H. The second-order valence-corrected chi connectivity index (χ2v) is 12.7. The Hall–Kier alpha value is -4.97. The maximum Gasteiger partial charge on any atom is 0.315 e. The Bertz CT molecular complexity index is 2200. The summed E-state index contributed by atoms with van der Waals surface area (Å²) in [6.45, 7) is 0. The van der Waals surface area contributed by atoms with Crippen molar-refractivity contribution < 1.29 is 19.4 Å². The van der Waals surface area contributed by atoms with Gasteiger partial charge in [0.2, 0.25) is 0 Å². The van der Waals surface area contributed by atoms with E-state index in [1.54, 1.807) is 0 Å². The van der Waals surface area contributed by atoms with Crippen LogP contribution in [-0.2, 0) is 14.3 Å². The number of carbonyl (C=O) groups is 2. The van der Waals surface area contributed by atoms with Crippen LogP contribution in [0.4, 0.5) is 0 Å². The molecule has 0 aliphatic carbocycles. The summed E-state index contributed by atoms with van der Waals surface area (Å²) >= 11 is 7.09. The van der Waals surface area contributed by atoms with Crippen LogP contribution in [0.25, 0.3) is 43.6 Å². The van der Waals surface area contributed by atoms with Crippen molar-refractivity contribution in [1.29, 1.82) is 0 Å². The predicted molar refractivity (Wildman–Crippen MR) is 202 cm³/mol. The van der Waals surface area contributed by atoms with E-state index in [0.29, 0.717) is 5.75 Å². The molecule has 8 rings (SSSR count). The highest BCUT2D eigenvalue weighted by Crippen LogP contribution is 2.28. The molecule has 0 bridgehead atoms. The number of benzene rings is 4. The van der Waals surface area contributed by atoms with Crippen molar-refractivity contribution in [1.82, 2.24) is 19.9 Å². The quantitative estimate of drug-likeness (QED) is 0.0585. The zero-order chi connectivity index (χ0) is 33.7. The van der Waals surface area contributed by atoms with Gasteiger partial charge in [-0.05, 0) is 35.7 Å². The molecule has 0 saturated heterocycles. The molecule has 0 fully saturated rings.